The highest BCUT2D eigenvalue weighted by Crippen LogP contribution is 2.35. The second kappa shape index (κ2) is 9.39. The van der Waals surface area contributed by atoms with Crippen LogP contribution in [0.4, 0.5) is 11.4 Å². The van der Waals surface area contributed by atoms with Crippen molar-refractivity contribution in [2.45, 2.75) is 13.8 Å². The maximum Gasteiger partial charge on any atom is 0.282 e. The molecular weight excluding hydrogens is 404 g/mol. The lowest BCUT2D eigenvalue weighted by Crippen LogP contribution is -2.32. The molecule has 0 atom stereocenters. The van der Waals surface area contributed by atoms with Crippen molar-refractivity contribution in [1.82, 2.24) is 0 Å². The van der Waals surface area contributed by atoms with E-state index in [-0.39, 0.29) is 11.6 Å². The normalized spacial score (nSPS) is 13.5. The van der Waals surface area contributed by atoms with E-state index >= 15 is 0 Å². The zero-order valence-corrected chi connectivity index (χ0v) is 18.0. The van der Waals surface area contributed by atoms with Crippen LogP contribution in [0.15, 0.2) is 84.6 Å². The van der Waals surface area contributed by atoms with Gasteiger partial charge in [-0.05, 0) is 55.8 Å². The number of carbonyl (C=O) groups is 2. The first-order valence-electron chi connectivity index (χ1n) is 10.5. The number of nitrogens with zero attached hydrogens (tertiary/aromatic N) is 1. The Hall–Kier alpha value is -4.06. The van der Waals surface area contributed by atoms with Gasteiger partial charge in [-0.1, -0.05) is 36.4 Å². The summed E-state index contributed by atoms with van der Waals surface area (Å²) in [6.07, 6.45) is 0. The predicted octanol–water partition coefficient (Wildman–Crippen LogP) is 4.88. The Morgan fingerprint density at radius 2 is 1.44 bits per heavy atom. The van der Waals surface area contributed by atoms with Gasteiger partial charge in [-0.2, -0.15) is 0 Å². The number of anilines is 2. The summed E-state index contributed by atoms with van der Waals surface area (Å²) in [5.74, 6) is 0.526. The molecule has 6 nitrogen and oxygen atoms in total. The molecule has 0 radical (unpaired) electrons. The Kier molecular flexibility index (Phi) is 6.22. The van der Waals surface area contributed by atoms with Gasteiger partial charge in [0.05, 0.1) is 24.5 Å². The van der Waals surface area contributed by atoms with Crippen molar-refractivity contribution in [2.75, 3.05) is 23.4 Å². The molecule has 0 bridgehead atoms. The third-order valence-electron chi connectivity index (χ3n) is 4.97. The molecule has 0 fully saturated rings. The molecule has 0 unspecified atom stereocenters. The van der Waals surface area contributed by atoms with Crippen LogP contribution in [0.25, 0.3) is 5.57 Å². The second-order valence-electron chi connectivity index (χ2n) is 7.07. The Balaban J connectivity index is 1.73. The van der Waals surface area contributed by atoms with Crippen LogP contribution in [0.1, 0.15) is 19.4 Å². The molecule has 1 N–H and O–H groups in total. The second-order valence-corrected chi connectivity index (χ2v) is 7.07. The Labute approximate surface area is 187 Å². The van der Waals surface area contributed by atoms with Gasteiger partial charge in [0.1, 0.15) is 17.2 Å². The van der Waals surface area contributed by atoms with Gasteiger partial charge in [0.15, 0.2) is 0 Å². The van der Waals surface area contributed by atoms with Crippen molar-refractivity contribution in [3.05, 3.63) is 90.1 Å². The number of nitrogens with one attached hydrogen (secondary N) is 1. The van der Waals surface area contributed by atoms with Crippen molar-refractivity contribution in [1.29, 1.82) is 0 Å². The topological polar surface area (TPSA) is 67.9 Å². The molecule has 3 aromatic rings. The molecule has 0 aromatic heterocycles. The Morgan fingerprint density at radius 3 is 2.12 bits per heavy atom. The van der Waals surface area contributed by atoms with E-state index in [0.717, 1.165) is 5.75 Å². The van der Waals surface area contributed by atoms with Gasteiger partial charge in [-0.25, -0.2) is 4.90 Å². The summed E-state index contributed by atoms with van der Waals surface area (Å²) in [4.78, 5) is 28.1. The van der Waals surface area contributed by atoms with Gasteiger partial charge >= 0.3 is 0 Å². The molecular formula is C26H24N2O4. The van der Waals surface area contributed by atoms with Gasteiger partial charge in [0, 0.05) is 11.8 Å². The largest absolute Gasteiger partial charge is 0.494 e. The van der Waals surface area contributed by atoms with Crippen molar-refractivity contribution in [3.8, 4) is 11.5 Å². The molecule has 2 amide bonds. The number of hydrogen-bond donors (Lipinski definition) is 1. The molecule has 0 aliphatic carbocycles. The molecule has 32 heavy (non-hydrogen) atoms. The third-order valence-corrected chi connectivity index (χ3v) is 4.97. The highest BCUT2D eigenvalue weighted by molar-refractivity contribution is 6.46. The first-order valence-corrected chi connectivity index (χ1v) is 10.5. The number of rotatable bonds is 8. The highest BCUT2D eigenvalue weighted by Gasteiger charge is 2.40. The number of benzene rings is 3. The summed E-state index contributed by atoms with van der Waals surface area (Å²) >= 11 is 0. The molecule has 3 aromatic carbocycles. The summed E-state index contributed by atoms with van der Waals surface area (Å²) in [5, 5.41) is 3.16. The lowest BCUT2D eigenvalue weighted by Gasteiger charge is -2.16. The average molecular weight is 428 g/mol. The molecule has 0 saturated carbocycles. The van der Waals surface area contributed by atoms with E-state index in [9.17, 15) is 9.59 Å². The lowest BCUT2D eigenvalue weighted by molar-refractivity contribution is -0.120. The van der Waals surface area contributed by atoms with E-state index < -0.39 is 5.91 Å². The maximum absolute atomic E-state index is 13.5. The fourth-order valence-electron chi connectivity index (χ4n) is 3.58. The molecule has 0 saturated heterocycles. The van der Waals surface area contributed by atoms with Crippen LogP contribution in [0.3, 0.4) is 0 Å². The van der Waals surface area contributed by atoms with E-state index in [4.69, 9.17) is 9.47 Å². The van der Waals surface area contributed by atoms with E-state index in [2.05, 4.69) is 5.32 Å². The van der Waals surface area contributed by atoms with Crippen LogP contribution in [0, 0.1) is 0 Å². The smallest absolute Gasteiger partial charge is 0.282 e. The molecule has 1 heterocycles. The third kappa shape index (κ3) is 4.21. The first kappa shape index (κ1) is 21.2. The standard InChI is InChI=1S/C26H24N2O4/c1-3-31-21-15-13-19(14-16-21)27-24-23(18-9-6-5-7-10-18)25(29)28(26(24)30)20-11-8-12-22(17-20)32-4-2/h5-17,27H,3-4H2,1-2H3. The van der Waals surface area contributed by atoms with Gasteiger partial charge in [-0.15, -0.1) is 0 Å². The van der Waals surface area contributed by atoms with Gasteiger partial charge in [0.2, 0.25) is 0 Å². The van der Waals surface area contributed by atoms with Crippen LogP contribution >= 0.6 is 0 Å². The van der Waals surface area contributed by atoms with Gasteiger partial charge < -0.3 is 14.8 Å². The average Bonchev–Trinajstić information content (AvgIpc) is 3.05. The molecule has 1 aliphatic rings. The molecule has 4 rings (SSSR count). The quantitative estimate of drug-likeness (QED) is 0.518. The molecule has 6 heteroatoms. The van der Waals surface area contributed by atoms with E-state index in [1.807, 2.05) is 68.4 Å². The van der Waals surface area contributed by atoms with Gasteiger partial charge in [0.25, 0.3) is 11.8 Å². The Bertz CT molecular complexity index is 1150. The molecule has 0 spiro atoms. The van der Waals surface area contributed by atoms with Crippen LogP contribution in [-0.4, -0.2) is 25.0 Å². The number of carbonyl (C=O) groups excluding carboxylic acids is 2. The number of imide groups is 1. The molecule has 162 valence electrons. The maximum atomic E-state index is 13.5. The van der Waals surface area contributed by atoms with Crippen LogP contribution in [0.2, 0.25) is 0 Å². The summed E-state index contributed by atoms with van der Waals surface area (Å²) in [7, 11) is 0. The zero-order chi connectivity index (χ0) is 22.5. The highest BCUT2D eigenvalue weighted by atomic mass is 16.5. The summed E-state index contributed by atoms with van der Waals surface area (Å²) in [6, 6.07) is 23.4. The van der Waals surface area contributed by atoms with Crippen LogP contribution in [-0.2, 0) is 9.59 Å². The number of ether oxygens (including phenoxy) is 2. The summed E-state index contributed by atoms with van der Waals surface area (Å²) in [6.45, 7) is 4.86. The lowest BCUT2D eigenvalue weighted by atomic mass is 10.0. The number of hydrogen-bond acceptors (Lipinski definition) is 5. The number of amides is 2. The minimum atomic E-state index is -0.420. The van der Waals surface area contributed by atoms with Crippen molar-refractivity contribution < 1.29 is 19.1 Å². The van der Waals surface area contributed by atoms with Crippen molar-refractivity contribution in [3.63, 3.8) is 0 Å². The Morgan fingerprint density at radius 1 is 0.750 bits per heavy atom. The summed E-state index contributed by atoms with van der Waals surface area (Å²) < 4.78 is 11.0. The van der Waals surface area contributed by atoms with Gasteiger partial charge in [-0.3, -0.25) is 9.59 Å². The van der Waals surface area contributed by atoms with E-state index in [0.29, 0.717) is 41.5 Å². The molecule has 1 aliphatic heterocycles. The predicted molar refractivity (Wildman–Crippen MR) is 125 cm³/mol. The van der Waals surface area contributed by atoms with Crippen molar-refractivity contribution >= 4 is 28.8 Å². The first-order chi connectivity index (χ1) is 15.6. The zero-order valence-electron chi connectivity index (χ0n) is 18.0. The van der Waals surface area contributed by atoms with E-state index in [1.54, 1.807) is 24.3 Å². The van der Waals surface area contributed by atoms with E-state index in [1.165, 1.54) is 4.90 Å². The minimum absolute atomic E-state index is 0.229. The summed E-state index contributed by atoms with van der Waals surface area (Å²) in [5.41, 5.74) is 2.37. The van der Waals surface area contributed by atoms with Crippen molar-refractivity contribution in [2.24, 2.45) is 0 Å². The fraction of sp³-hybridized carbons (Fsp3) is 0.154. The van der Waals surface area contributed by atoms with Crippen LogP contribution in [0.5, 0.6) is 11.5 Å². The minimum Gasteiger partial charge on any atom is -0.494 e. The monoisotopic (exact) mass is 428 g/mol. The van der Waals surface area contributed by atoms with Crippen LogP contribution < -0.4 is 19.7 Å². The fourth-order valence-corrected chi connectivity index (χ4v) is 3.58. The SMILES string of the molecule is CCOc1ccc(NC2=C(c3ccccc3)C(=O)N(c3cccc(OCC)c3)C2=O)cc1.